The fourth-order valence-corrected chi connectivity index (χ4v) is 2.96. The maximum Gasteiger partial charge on any atom is 0.306 e. The van der Waals surface area contributed by atoms with Crippen LogP contribution in [-0.4, -0.2) is 61.2 Å². The van der Waals surface area contributed by atoms with Gasteiger partial charge in [-0.1, -0.05) is 12.1 Å². The molecule has 9 heteroatoms. The maximum absolute atomic E-state index is 12.7. The summed E-state index contributed by atoms with van der Waals surface area (Å²) in [5.74, 6) is -0.953. The number of nitrogens with one attached hydrogen (secondary N) is 2. The van der Waals surface area contributed by atoms with Crippen LogP contribution in [0.2, 0.25) is 0 Å². The predicted octanol–water partition coefficient (Wildman–Crippen LogP) is 1.71. The van der Waals surface area contributed by atoms with E-state index in [1.54, 1.807) is 29.2 Å². The van der Waals surface area contributed by atoms with E-state index < -0.39 is 11.9 Å². The highest BCUT2D eigenvalue weighted by molar-refractivity contribution is 7.80. The highest BCUT2D eigenvalue weighted by Gasteiger charge is 2.22. The molecule has 1 heterocycles. The Morgan fingerprint density at radius 1 is 1.11 bits per heavy atom. The zero-order valence-corrected chi connectivity index (χ0v) is 16.7. The minimum Gasteiger partial charge on any atom is -0.463 e. The van der Waals surface area contributed by atoms with E-state index in [0.717, 1.165) is 25.9 Å². The van der Waals surface area contributed by atoms with Crippen molar-refractivity contribution in [3.8, 4) is 0 Å². The molecular weight excluding hydrogens is 382 g/mol. The number of esters is 1. The molecule has 0 aliphatic carbocycles. The van der Waals surface area contributed by atoms with Crippen LogP contribution in [-0.2, 0) is 19.1 Å². The number of anilines is 1. The Kier molecular flexibility index (Phi) is 8.83. The number of hydrogen-bond donors (Lipinski definition) is 2. The minimum absolute atomic E-state index is 0.0534. The Balaban J connectivity index is 1.83. The van der Waals surface area contributed by atoms with Crippen LogP contribution in [0.1, 0.15) is 36.0 Å². The molecule has 1 aromatic carbocycles. The van der Waals surface area contributed by atoms with Gasteiger partial charge in [-0.3, -0.25) is 14.4 Å². The molecule has 1 aliphatic rings. The summed E-state index contributed by atoms with van der Waals surface area (Å²) in [4.78, 5) is 37.9. The zero-order chi connectivity index (χ0) is 20.4. The van der Waals surface area contributed by atoms with E-state index in [1.165, 1.54) is 7.11 Å². The van der Waals surface area contributed by atoms with E-state index >= 15 is 0 Å². The molecule has 28 heavy (non-hydrogen) atoms. The minimum atomic E-state index is -0.479. The van der Waals surface area contributed by atoms with E-state index in [4.69, 9.17) is 21.7 Å². The van der Waals surface area contributed by atoms with Crippen molar-refractivity contribution >= 4 is 40.8 Å². The van der Waals surface area contributed by atoms with Crippen molar-refractivity contribution in [3.05, 3.63) is 29.8 Å². The molecule has 0 atom stereocenters. The van der Waals surface area contributed by atoms with E-state index in [9.17, 15) is 14.4 Å². The molecule has 1 aromatic rings. The molecule has 2 N–H and O–H groups in total. The van der Waals surface area contributed by atoms with Gasteiger partial charge < -0.3 is 25.0 Å². The lowest BCUT2D eigenvalue weighted by Gasteiger charge is -2.18. The summed E-state index contributed by atoms with van der Waals surface area (Å²) < 4.78 is 9.67. The fraction of sp³-hybridized carbons (Fsp3) is 0.474. The molecule has 0 saturated carbocycles. The fourth-order valence-electron chi connectivity index (χ4n) is 2.74. The molecule has 0 unspecified atom stereocenters. The number of amides is 2. The first-order valence-electron chi connectivity index (χ1n) is 9.15. The van der Waals surface area contributed by atoms with E-state index in [0.29, 0.717) is 17.9 Å². The Bertz CT molecular complexity index is 719. The highest BCUT2D eigenvalue weighted by Crippen LogP contribution is 2.20. The number of nitrogens with zero attached hydrogens (tertiary/aromatic N) is 1. The number of likely N-dealkylation sites (tertiary alicyclic amines) is 1. The topological polar surface area (TPSA) is 97.0 Å². The van der Waals surface area contributed by atoms with E-state index in [2.05, 4.69) is 10.6 Å². The number of ether oxygens (including phenoxy) is 2. The molecule has 2 rings (SSSR count). The number of hydrogen-bond acceptors (Lipinski definition) is 6. The lowest BCUT2D eigenvalue weighted by Crippen LogP contribution is -2.35. The molecule has 1 fully saturated rings. The molecule has 152 valence electrons. The molecular formula is C19H25N3O5S. The Morgan fingerprint density at radius 2 is 1.82 bits per heavy atom. The van der Waals surface area contributed by atoms with Gasteiger partial charge in [-0.2, -0.15) is 0 Å². The van der Waals surface area contributed by atoms with Crippen LogP contribution in [0.5, 0.6) is 0 Å². The van der Waals surface area contributed by atoms with Crippen LogP contribution in [0.15, 0.2) is 24.3 Å². The number of carbonyl (C=O) groups is 3. The Labute approximate surface area is 169 Å². The lowest BCUT2D eigenvalue weighted by atomic mass is 10.1. The molecule has 0 spiro atoms. The summed E-state index contributed by atoms with van der Waals surface area (Å²) in [6.07, 6.45) is 1.90. The van der Waals surface area contributed by atoms with Crippen molar-refractivity contribution in [2.45, 2.75) is 25.7 Å². The second-order valence-electron chi connectivity index (χ2n) is 6.26. The number of carbonyl (C=O) groups excluding carboxylic acids is 3. The molecule has 0 radical (unpaired) electrons. The van der Waals surface area contributed by atoms with Crippen LogP contribution < -0.4 is 10.6 Å². The van der Waals surface area contributed by atoms with E-state index in [1.807, 2.05) is 0 Å². The van der Waals surface area contributed by atoms with Gasteiger partial charge in [0.05, 0.1) is 24.3 Å². The quantitative estimate of drug-likeness (QED) is 0.385. The zero-order valence-electron chi connectivity index (χ0n) is 15.9. The summed E-state index contributed by atoms with van der Waals surface area (Å²) >= 11 is 5.16. The van der Waals surface area contributed by atoms with Gasteiger partial charge in [-0.25, -0.2) is 0 Å². The Morgan fingerprint density at radius 3 is 2.54 bits per heavy atom. The smallest absolute Gasteiger partial charge is 0.306 e. The normalized spacial score (nSPS) is 13.1. The van der Waals surface area contributed by atoms with Crippen LogP contribution in [0.25, 0.3) is 0 Å². The highest BCUT2D eigenvalue weighted by atomic mass is 32.1. The van der Waals surface area contributed by atoms with Gasteiger partial charge >= 0.3 is 5.97 Å². The van der Waals surface area contributed by atoms with Gasteiger partial charge in [0, 0.05) is 26.6 Å². The first kappa shape index (κ1) is 21.8. The van der Waals surface area contributed by atoms with Crippen LogP contribution in [0.4, 0.5) is 5.69 Å². The number of para-hydroxylation sites is 1. The van der Waals surface area contributed by atoms with Crippen LogP contribution in [0, 0.1) is 0 Å². The van der Waals surface area contributed by atoms with Crippen molar-refractivity contribution in [1.29, 1.82) is 0 Å². The summed E-state index contributed by atoms with van der Waals surface area (Å²) in [5.41, 5.74) is 1.03. The third-order valence-electron chi connectivity index (χ3n) is 4.16. The molecule has 0 aromatic heterocycles. The van der Waals surface area contributed by atoms with Gasteiger partial charge in [-0.05, 0) is 37.2 Å². The average molecular weight is 407 g/mol. The van der Waals surface area contributed by atoms with Gasteiger partial charge in [0.2, 0.25) is 5.91 Å². The third kappa shape index (κ3) is 6.90. The predicted molar refractivity (Wildman–Crippen MR) is 108 cm³/mol. The monoisotopic (exact) mass is 407 g/mol. The first-order chi connectivity index (χ1) is 13.5. The standard InChI is InChI=1S/C19H25N3O5S/c1-26-12-13-27-17(24)9-8-16(23)21-19(28)20-15-7-3-2-6-14(15)18(25)22-10-4-5-11-22/h2-3,6-7H,4-5,8-13H2,1H3,(H2,20,21,23,28). The summed E-state index contributed by atoms with van der Waals surface area (Å²) in [5, 5.41) is 5.47. The number of rotatable bonds is 8. The second-order valence-corrected chi connectivity index (χ2v) is 6.67. The number of benzene rings is 1. The molecule has 1 aliphatic heterocycles. The summed E-state index contributed by atoms with van der Waals surface area (Å²) in [6.45, 7) is 1.95. The molecule has 0 bridgehead atoms. The van der Waals surface area contributed by atoms with Gasteiger partial charge in [0.1, 0.15) is 6.61 Å². The van der Waals surface area contributed by atoms with Crippen LogP contribution in [0.3, 0.4) is 0 Å². The second kappa shape index (κ2) is 11.4. The average Bonchev–Trinajstić information content (AvgIpc) is 3.21. The van der Waals surface area contributed by atoms with Gasteiger partial charge in [0.25, 0.3) is 5.91 Å². The summed E-state index contributed by atoms with van der Waals surface area (Å²) in [6, 6.07) is 7.02. The molecule has 2 amide bonds. The van der Waals surface area contributed by atoms with Crippen molar-refractivity contribution in [2.24, 2.45) is 0 Å². The van der Waals surface area contributed by atoms with Crippen molar-refractivity contribution in [1.82, 2.24) is 10.2 Å². The van der Waals surface area contributed by atoms with Crippen molar-refractivity contribution < 1.29 is 23.9 Å². The van der Waals surface area contributed by atoms with Crippen molar-refractivity contribution in [3.63, 3.8) is 0 Å². The largest absolute Gasteiger partial charge is 0.463 e. The number of thiocarbonyl (C=S) groups is 1. The van der Waals surface area contributed by atoms with E-state index in [-0.39, 0.29) is 30.5 Å². The van der Waals surface area contributed by atoms with Gasteiger partial charge in [0.15, 0.2) is 5.11 Å². The van der Waals surface area contributed by atoms with Gasteiger partial charge in [-0.15, -0.1) is 0 Å². The van der Waals surface area contributed by atoms with Crippen LogP contribution >= 0.6 is 12.2 Å². The number of methoxy groups -OCH3 is 1. The first-order valence-corrected chi connectivity index (χ1v) is 9.55. The van der Waals surface area contributed by atoms with Crippen molar-refractivity contribution in [2.75, 3.05) is 38.7 Å². The third-order valence-corrected chi connectivity index (χ3v) is 4.36. The molecule has 1 saturated heterocycles. The summed E-state index contributed by atoms with van der Waals surface area (Å²) in [7, 11) is 1.51. The Hall–Kier alpha value is -2.52. The lowest BCUT2D eigenvalue weighted by molar-refractivity contribution is -0.146. The maximum atomic E-state index is 12.7. The SMILES string of the molecule is COCCOC(=O)CCC(=O)NC(=S)Nc1ccccc1C(=O)N1CCCC1. The molecule has 8 nitrogen and oxygen atoms in total.